The van der Waals surface area contributed by atoms with Crippen molar-refractivity contribution in [2.75, 3.05) is 0 Å². The lowest BCUT2D eigenvalue weighted by Gasteiger charge is -2.05. The van der Waals surface area contributed by atoms with E-state index in [1.165, 1.54) is 11.1 Å². The molecule has 0 spiro atoms. The van der Waals surface area contributed by atoms with E-state index >= 15 is 0 Å². The Bertz CT molecular complexity index is 1280. The summed E-state index contributed by atoms with van der Waals surface area (Å²) in [5.41, 5.74) is 6.39. The number of benzene rings is 4. The molecule has 30 heavy (non-hydrogen) atoms. The zero-order valence-corrected chi connectivity index (χ0v) is 19.9. The van der Waals surface area contributed by atoms with E-state index in [4.69, 9.17) is 0 Å². The maximum atomic E-state index is 3.68. The molecule has 0 N–H and O–H groups in total. The van der Waals surface area contributed by atoms with Gasteiger partial charge in [-0.15, -0.1) is 0 Å². The molecule has 0 saturated heterocycles. The van der Waals surface area contributed by atoms with Crippen molar-refractivity contribution < 1.29 is 0 Å². The van der Waals surface area contributed by atoms with Gasteiger partial charge in [-0.3, -0.25) is 0 Å². The fraction of sp³-hybridized carbons (Fsp3) is 0.0714. The molecule has 0 amide bonds. The van der Waals surface area contributed by atoms with Crippen molar-refractivity contribution in [2.45, 2.75) is 13.8 Å². The molecule has 0 heterocycles. The topological polar surface area (TPSA) is 0 Å². The third-order valence-corrected chi connectivity index (χ3v) is 6.04. The van der Waals surface area contributed by atoms with E-state index in [1.807, 2.05) is 24.3 Å². The summed E-state index contributed by atoms with van der Waals surface area (Å²) in [6, 6.07) is 24.9. The molecule has 0 aliphatic heterocycles. The van der Waals surface area contributed by atoms with Crippen molar-refractivity contribution in [3.8, 4) is 23.7 Å². The van der Waals surface area contributed by atoms with E-state index in [0.29, 0.717) is 0 Å². The van der Waals surface area contributed by atoms with E-state index in [1.54, 1.807) is 0 Å². The summed E-state index contributed by atoms with van der Waals surface area (Å²) < 4.78 is 1.96. The first-order valence-corrected chi connectivity index (χ1v) is 11.2. The second kappa shape index (κ2) is 8.93. The first-order valence-electron chi connectivity index (χ1n) is 9.58. The lowest BCUT2D eigenvalue weighted by molar-refractivity contribution is 1.45. The van der Waals surface area contributed by atoms with Gasteiger partial charge in [-0.05, 0) is 116 Å². The smallest absolute Gasteiger partial charge is 0.0397 e. The molecule has 0 radical (unpaired) electrons. The van der Waals surface area contributed by atoms with Gasteiger partial charge < -0.3 is 0 Å². The molecular weight excluding hydrogens is 496 g/mol. The van der Waals surface area contributed by atoms with Gasteiger partial charge in [0.1, 0.15) is 0 Å². The van der Waals surface area contributed by atoms with Crippen LogP contribution in [0.15, 0.2) is 81.7 Å². The molecule has 0 aliphatic rings. The summed E-state index contributed by atoms with van der Waals surface area (Å²) in [5.74, 6) is 13.1. The van der Waals surface area contributed by atoms with Crippen LogP contribution in [0.2, 0.25) is 0 Å². The Hall–Kier alpha value is -2.78. The van der Waals surface area contributed by atoms with Crippen LogP contribution in [0, 0.1) is 37.5 Å². The van der Waals surface area contributed by atoms with Gasteiger partial charge in [0, 0.05) is 31.2 Å². The van der Waals surface area contributed by atoms with Gasteiger partial charge in [-0.25, -0.2) is 0 Å². The van der Waals surface area contributed by atoms with Gasteiger partial charge in [0.15, 0.2) is 0 Å². The van der Waals surface area contributed by atoms with Gasteiger partial charge in [-0.2, -0.15) is 0 Å². The van der Waals surface area contributed by atoms with Crippen molar-refractivity contribution >= 4 is 42.6 Å². The maximum absolute atomic E-state index is 3.68. The van der Waals surface area contributed by atoms with Crippen molar-refractivity contribution in [3.63, 3.8) is 0 Å². The van der Waals surface area contributed by atoms with Gasteiger partial charge in [-0.1, -0.05) is 47.9 Å². The number of aryl methyl sites for hydroxylation is 2. The number of rotatable bonds is 0. The fourth-order valence-electron chi connectivity index (χ4n) is 3.21. The van der Waals surface area contributed by atoms with E-state index in [2.05, 4.69) is 118 Å². The van der Waals surface area contributed by atoms with Crippen LogP contribution in [0.1, 0.15) is 33.4 Å². The first-order chi connectivity index (χ1) is 14.5. The molecule has 0 saturated carbocycles. The average Bonchev–Trinajstić information content (AvgIpc) is 2.71. The quantitative estimate of drug-likeness (QED) is 0.210. The van der Waals surface area contributed by atoms with Crippen LogP contribution in [0.3, 0.4) is 0 Å². The van der Waals surface area contributed by atoms with Crippen molar-refractivity contribution in [1.29, 1.82) is 0 Å². The van der Waals surface area contributed by atoms with Crippen molar-refractivity contribution in [2.24, 2.45) is 0 Å². The maximum Gasteiger partial charge on any atom is 0.0397 e. The standard InChI is InChI=1S/C28H18Br2/c1-19-5-3-7-21(13-19)9-11-23-15-25-18-28(30)24(16-26(25)17-27(23)29)12-10-22-8-4-6-20(2)14-22/h3-8,13-18H,1-2H3. The Balaban J connectivity index is 1.71. The minimum Gasteiger partial charge on any atom is -0.0616 e. The molecule has 0 aliphatic carbocycles. The molecule has 4 rings (SSSR count). The van der Waals surface area contributed by atoms with E-state index in [-0.39, 0.29) is 0 Å². The Morgan fingerprint density at radius 2 is 0.967 bits per heavy atom. The zero-order valence-electron chi connectivity index (χ0n) is 16.7. The average molecular weight is 514 g/mol. The lowest BCUT2D eigenvalue weighted by Crippen LogP contribution is -1.85. The molecule has 0 unspecified atom stereocenters. The molecule has 4 aromatic carbocycles. The molecule has 0 fully saturated rings. The Labute approximate surface area is 194 Å². The summed E-state index contributed by atoms with van der Waals surface area (Å²) in [7, 11) is 0. The third-order valence-electron chi connectivity index (χ3n) is 4.73. The Morgan fingerprint density at radius 3 is 1.37 bits per heavy atom. The van der Waals surface area contributed by atoms with Crippen LogP contribution in [-0.2, 0) is 0 Å². The van der Waals surface area contributed by atoms with Gasteiger partial charge in [0.2, 0.25) is 0 Å². The summed E-state index contributed by atoms with van der Waals surface area (Å²) in [5, 5.41) is 2.25. The number of hydrogen-bond donors (Lipinski definition) is 0. The summed E-state index contributed by atoms with van der Waals surface area (Å²) in [4.78, 5) is 0. The van der Waals surface area contributed by atoms with Crippen LogP contribution in [0.5, 0.6) is 0 Å². The zero-order chi connectivity index (χ0) is 21.1. The van der Waals surface area contributed by atoms with Crippen molar-refractivity contribution in [1.82, 2.24) is 0 Å². The second-order valence-electron chi connectivity index (χ2n) is 7.25. The Morgan fingerprint density at radius 1 is 0.533 bits per heavy atom. The fourth-order valence-corrected chi connectivity index (χ4v) is 4.13. The molecule has 0 atom stereocenters. The predicted molar refractivity (Wildman–Crippen MR) is 134 cm³/mol. The highest BCUT2D eigenvalue weighted by Crippen LogP contribution is 2.29. The highest BCUT2D eigenvalue weighted by atomic mass is 79.9. The normalized spacial score (nSPS) is 10.1. The van der Waals surface area contributed by atoms with Gasteiger partial charge in [0.25, 0.3) is 0 Å². The molecule has 144 valence electrons. The molecule has 4 aromatic rings. The third kappa shape index (κ3) is 4.85. The minimum atomic E-state index is 0.967. The number of halogens is 2. The molecular formula is C28H18Br2. The Kier molecular flexibility index (Phi) is 6.10. The lowest BCUT2D eigenvalue weighted by atomic mass is 10.0. The highest BCUT2D eigenvalue weighted by molar-refractivity contribution is 9.10. The molecule has 0 bridgehead atoms. The second-order valence-corrected chi connectivity index (χ2v) is 8.96. The van der Waals surface area contributed by atoms with E-state index in [0.717, 1.165) is 42.0 Å². The number of hydrogen-bond acceptors (Lipinski definition) is 0. The van der Waals surface area contributed by atoms with Crippen LogP contribution >= 0.6 is 31.9 Å². The molecule has 2 heteroatoms. The van der Waals surface area contributed by atoms with Crippen LogP contribution in [0.25, 0.3) is 10.8 Å². The molecule has 0 aromatic heterocycles. The number of fused-ring (bicyclic) bond motifs is 1. The van der Waals surface area contributed by atoms with Crippen LogP contribution < -0.4 is 0 Å². The van der Waals surface area contributed by atoms with Crippen LogP contribution in [-0.4, -0.2) is 0 Å². The monoisotopic (exact) mass is 512 g/mol. The largest absolute Gasteiger partial charge is 0.0616 e. The highest BCUT2D eigenvalue weighted by Gasteiger charge is 2.05. The van der Waals surface area contributed by atoms with Gasteiger partial charge in [0.05, 0.1) is 0 Å². The SMILES string of the molecule is Cc1cccc(C#Cc2cc3cc(Br)c(C#Cc4cccc(C)c4)cc3cc2Br)c1. The van der Waals surface area contributed by atoms with E-state index < -0.39 is 0 Å². The summed E-state index contributed by atoms with van der Waals surface area (Å²) >= 11 is 7.36. The predicted octanol–water partition coefficient (Wildman–Crippen LogP) is 7.78. The minimum absolute atomic E-state index is 0.967. The van der Waals surface area contributed by atoms with E-state index in [9.17, 15) is 0 Å². The first kappa shape index (κ1) is 20.5. The summed E-state index contributed by atoms with van der Waals surface area (Å²) in [6.07, 6.45) is 0. The summed E-state index contributed by atoms with van der Waals surface area (Å²) in [6.45, 7) is 4.15. The molecule has 0 nitrogen and oxygen atoms in total. The van der Waals surface area contributed by atoms with Gasteiger partial charge >= 0.3 is 0 Å². The van der Waals surface area contributed by atoms with Crippen molar-refractivity contribution in [3.05, 3.63) is 115 Å². The van der Waals surface area contributed by atoms with Crippen LogP contribution in [0.4, 0.5) is 0 Å².